The van der Waals surface area contributed by atoms with E-state index in [9.17, 15) is 0 Å². The van der Waals surface area contributed by atoms with Gasteiger partial charge in [0.2, 0.25) is 0 Å². The first-order valence-electron chi connectivity index (χ1n) is 5.33. The molecule has 0 aliphatic rings. The van der Waals surface area contributed by atoms with Gasteiger partial charge in [-0.25, -0.2) is 9.97 Å². The van der Waals surface area contributed by atoms with Gasteiger partial charge in [-0.3, -0.25) is 0 Å². The quantitative estimate of drug-likeness (QED) is 0.666. The molecule has 0 bridgehead atoms. The number of rotatable bonds is 4. The van der Waals surface area contributed by atoms with E-state index >= 15 is 0 Å². The van der Waals surface area contributed by atoms with E-state index in [4.69, 9.17) is 4.42 Å². The van der Waals surface area contributed by atoms with Gasteiger partial charge in [-0.1, -0.05) is 11.8 Å². The molecule has 0 aliphatic carbocycles. The molecule has 0 N–H and O–H groups in total. The van der Waals surface area contributed by atoms with Crippen LogP contribution in [0.15, 0.2) is 38.1 Å². The summed E-state index contributed by atoms with van der Waals surface area (Å²) in [6.45, 7) is 2.01. The second kappa shape index (κ2) is 5.26. The van der Waals surface area contributed by atoms with E-state index in [1.807, 2.05) is 13.0 Å². The molecule has 0 unspecified atom stereocenters. The van der Waals surface area contributed by atoms with Crippen molar-refractivity contribution in [3.8, 4) is 10.6 Å². The molecule has 0 atom stereocenters. The zero-order valence-electron chi connectivity index (χ0n) is 9.62. The van der Waals surface area contributed by atoms with Gasteiger partial charge in [0, 0.05) is 27.8 Å². The number of thiazole rings is 2. The van der Waals surface area contributed by atoms with Crippen LogP contribution in [0.4, 0.5) is 0 Å². The van der Waals surface area contributed by atoms with Crippen LogP contribution >= 0.6 is 34.4 Å². The zero-order valence-corrected chi connectivity index (χ0v) is 12.1. The fraction of sp³-hybridized carbons (Fsp3) is 0.167. The van der Waals surface area contributed by atoms with Gasteiger partial charge in [0.1, 0.15) is 15.6 Å². The SMILES string of the molecule is Cc1csc(SCc2csc(-c3ccoc3)n2)n1. The summed E-state index contributed by atoms with van der Waals surface area (Å²) in [5.41, 5.74) is 3.22. The molecular weight excluding hydrogens is 284 g/mol. The van der Waals surface area contributed by atoms with Gasteiger partial charge in [-0.2, -0.15) is 0 Å². The van der Waals surface area contributed by atoms with Gasteiger partial charge >= 0.3 is 0 Å². The van der Waals surface area contributed by atoms with Crippen molar-refractivity contribution < 1.29 is 4.42 Å². The van der Waals surface area contributed by atoms with Crippen molar-refractivity contribution in [2.45, 2.75) is 17.0 Å². The summed E-state index contributed by atoms with van der Waals surface area (Å²) in [5.74, 6) is 0.862. The molecule has 0 aliphatic heterocycles. The van der Waals surface area contributed by atoms with Crippen LogP contribution in [-0.2, 0) is 5.75 Å². The lowest BCUT2D eigenvalue weighted by atomic mass is 10.4. The molecule has 92 valence electrons. The smallest absolute Gasteiger partial charge is 0.150 e. The monoisotopic (exact) mass is 294 g/mol. The molecule has 3 heterocycles. The summed E-state index contributed by atoms with van der Waals surface area (Å²) in [5, 5.41) is 5.17. The highest BCUT2D eigenvalue weighted by atomic mass is 32.2. The molecule has 6 heteroatoms. The highest BCUT2D eigenvalue weighted by Crippen LogP contribution is 2.29. The number of aryl methyl sites for hydroxylation is 1. The van der Waals surface area contributed by atoms with Crippen LogP contribution in [0.1, 0.15) is 11.4 Å². The third-order valence-corrected chi connectivity index (χ3v) is 5.37. The number of thioether (sulfide) groups is 1. The molecule has 3 nitrogen and oxygen atoms in total. The predicted octanol–water partition coefficient (Wildman–Crippen LogP) is 4.46. The lowest BCUT2D eigenvalue weighted by Crippen LogP contribution is -1.81. The maximum atomic E-state index is 5.06. The number of nitrogens with zero attached hydrogens (tertiary/aromatic N) is 2. The molecule has 3 aromatic rings. The summed E-state index contributed by atoms with van der Waals surface area (Å²) in [4.78, 5) is 9.01. The van der Waals surface area contributed by atoms with Crippen molar-refractivity contribution in [1.82, 2.24) is 9.97 Å². The second-order valence-corrected chi connectivity index (χ2v) is 6.64. The fourth-order valence-corrected chi connectivity index (χ4v) is 4.08. The van der Waals surface area contributed by atoms with E-state index in [1.165, 1.54) is 0 Å². The van der Waals surface area contributed by atoms with E-state index in [2.05, 4.69) is 20.7 Å². The molecule has 3 rings (SSSR count). The van der Waals surface area contributed by atoms with Crippen LogP contribution in [0.2, 0.25) is 0 Å². The zero-order chi connectivity index (χ0) is 12.4. The van der Waals surface area contributed by atoms with Crippen molar-refractivity contribution in [1.29, 1.82) is 0 Å². The van der Waals surface area contributed by atoms with Crippen molar-refractivity contribution in [2.24, 2.45) is 0 Å². The van der Waals surface area contributed by atoms with Gasteiger partial charge in [0.05, 0.1) is 12.0 Å². The fourth-order valence-electron chi connectivity index (χ4n) is 1.43. The molecule has 0 amide bonds. The summed E-state index contributed by atoms with van der Waals surface area (Å²) in [7, 11) is 0. The number of hydrogen-bond donors (Lipinski definition) is 0. The van der Waals surface area contributed by atoms with E-state index in [0.717, 1.165) is 32.1 Å². The summed E-state index contributed by atoms with van der Waals surface area (Å²) >= 11 is 5.07. The Kier molecular flexibility index (Phi) is 3.49. The Balaban J connectivity index is 1.67. The molecule has 0 saturated heterocycles. The summed E-state index contributed by atoms with van der Waals surface area (Å²) in [6.07, 6.45) is 3.39. The number of aromatic nitrogens is 2. The summed E-state index contributed by atoms with van der Waals surface area (Å²) < 4.78 is 6.17. The van der Waals surface area contributed by atoms with Crippen LogP contribution in [0.3, 0.4) is 0 Å². The van der Waals surface area contributed by atoms with Crippen LogP contribution in [-0.4, -0.2) is 9.97 Å². The van der Waals surface area contributed by atoms with Gasteiger partial charge < -0.3 is 4.42 Å². The minimum absolute atomic E-state index is 0.862. The van der Waals surface area contributed by atoms with Crippen molar-refractivity contribution in [3.63, 3.8) is 0 Å². The Morgan fingerprint density at radius 1 is 1.28 bits per heavy atom. The first-order chi connectivity index (χ1) is 8.81. The molecule has 0 spiro atoms. The van der Waals surface area contributed by atoms with Crippen LogP contribution in [0, 0.1) is 6.92 Å². The van der Waals surface area contributed by atoms with Crippen molar-refractivity contribution in [3.05, 3.63) is 40.7 Å². The Morgan fingerprint density at radius 2 is 2.22 bits per heavy atom. The molecule has 3 aromatic heterocycles. The maximum Gasteiger partial charge on any atom is 0.150 e. The Hall–Kier alpha value is -1.11. The van der Waals surface area contributed by atoms with E-state index in [-0.39, 0.29) is 0 Å². The largest absolute Gasteiger partial charge is 0.472 e. The molecule has 0 fully saturated rings. The number of hydrogen-bond acceptors (Lipinski definition) is 6. The van der Waals surface area contributed by atoms with Crippen LogP contribution in [0.25, 0.3) is 10.6 Å². The minimum Gasteiger partial charge on any atom is -0.472 e. The molecule has 0 radical (unpaired) electrons. The average molecular weight is 294 g/mol. The van der Waals surface area contributed by atoms with Gasteiger partial charge in [-0.05, 0) is 13.0 Å². The van der Waals surface area contributed by atoms with E-state index in [1.54, 1.807) is 47.0 Å². The Labute approximate surface area is 117 Å². The first kappa shape index (κ1) is 12.0. The lowest BCUT2D eigenvalue weighted by Gasteiger charge is -1.93. The van der Waals surface area contributed by atoms with E-state index in [0.29, 0.717) is 0 Å². The third kappa shape index (κ3) is 2.66. The summed E-state index contributed by atoms with van der Waals surface area (Å²) in [6, 6.07) is 1.93. The third-order valence-electron chi connectivity index (χ3n) is 2.26. The van der Waals surface area contributed by atoms with Crippen molar-refractivity contribution >= 4 is 34.4 Å². The molecule has 18 heavy (non-hydrogen) atoms. The maximum absolute atomic E-state index is 5.06. The lowest BCUT2D eigenvalue weighted by molar-refractivity contribution is 0.568. The highest BCUT2D eigenvalue weighted by Gasteiger charge is 2.07. The van der Waals surface area contributed by atoms with Gasteiger partial charge in [0.15, 0.2) is 0 Å². The molecule has 0 aromatic carbocycles. The minimum atomic E-state index is 0.862. The average Bonchev–Trinajstić information content (AvgIpc) is 3.07. The second-order valence-electron chi connectivity index (χ2n) is 3.70. The van der Waals surface area contributed by atoms with Crippen LogP contribution < -0.4 is 0 Å². The molecular formula is C12H10N2OS3. The van der Waals surface area contributed by atoms with Gasteiger partial charge in [0.25, 0.3) is 0 Å². The highest BCUT2D eigenvalue weighted by molar-refractivity contribution is 8.00. The number of furan rings is 1. The Morgan fingerprint density at radius 3 is 2.94 bits per heavy atom. The standard InChI is InChI=1S/C12H10N2OS3/c1-8-5-17-12(13-8)18-7-10-6-16-11(14-10)9-2-3-15-4-9/h2-6H,7H2,1H3. The molecule has 0 saturated carbocycles. The normalized spacial score (nSPS) is 10.9. The first-order valence-corrected chi connectivity index (χ1v) is 8.07. The van der Waals surface area contributed by atoms with Crippen LogP contribution in [0.5, 0.6) is 0 Å². The topological polar surface area (TPSA) is 38.9 Å². The Bertz CT molecular complexity index is 627. The van der Waals surface area contributed by atoms with Gasteiger partial charge in [-0.15, -0.1) is 22.7 Å². The van der Waals surface area contributed by atoms with Crippen molar-refractivity contribution in [2.75, 3.05) is 0 Å². The predicted molar refractivity (Wildman–Crippen MR) is 76.2 cm³/mol. The van der Waals surface area contributed by atoms with E-state index < -0.39 is 0 Å².